The Labute approximate surface area is 206 Å². The minimum absolute atomic E-state index is 0.00798. The van der Waals surface area contributed by atoms with Crippen LogP contribution in [-0.2, 0) is 11.2 Å². The van der Waals surface area contributed by atoms with Crippen molar-refractivity contribution in [3.8, 4) is 11.6 Å². The fraction of sp³-hybridized carbons (Fsp3) is 0.609. The number of nitrogens with zero attached hydrogens (tertiary/aromatic N) is 2. The third kappa shape index (κ3) is 5.24. The molecule has 178 valence electrons. The van der Waals surface area contributed by atoms with Gasteiger partial charge in [0.15, 0.2) is 0 Å². The SMILES string of the molecule is [2H]C([2H])([2H])C(Oc1ccc(Cc2c(O[C@@H]3O[C@H](CO)[C@@H](O)[C@H](O)[C@H]3O)nn(C([2H])(C([2H])([2H])[2H])C([2H])([2H])[2H])c2C)cc1)C([2H])([2H])[2H]. The molecule has 0 saturated carbocycles. The molecular weight excluding hydrogens is 416 g/mol. The molecule has 1 aliphatic rings. The number of aliphatic hydroxyl groups is 4. The molecule has 0 spiro atoms. The van der Waals surface area contributed by atoms with Gasteiger partial charge in [0.1, 0.15) is 30.2 Å². The highest BCUT2D eigenvalue weighted by molar-refractivity contribution is 5.38. The van der Waals surface area contributed by atoms with Crippen molar-refractivity contribution in [3.05, 3.63) is 41.1 Å². The lowest BCUT2D eigenvalue weighted by Crippen LogP contribution is -2.60. The van der Waals surface area contributed by atoms with Gasteiger partial charge < -0.3 is 34.6 Å². The summed E-state index contributed by atoms with van der Waals surface area (Å²) in [6.45, 7) is -12.4. The van der Waals surface area contributed by atoms with Gasteiger partial charge in [-0.25, -0.2) is 0 Å². The van der Waals surface area contributed by atoms with E-state index in [0.29, 0.717) is 10.2 Å². The van der Waals surface area contributed by atoms with Gasteiger partial charge in [0.2, 0.25) is 12.2 Å². The second-order valence-corrected chi connectivity index (χ2v) is 7.26. The van der Waals surface area contributed by atoms with Crippen LogP contribution < -0.4 is 9.47 Å². The van der Waals surface area contributed by atoms with Crippen molar-refractivity contribution in [2.24, 2.45) is 0 Å². The average molecular weight is 464 g/mol. The number of aliphatic hydroxyl groups excluding tert-OH is 4. The maximum Gasteiger partial charge on any atom is 0.239 e. The second-order valence-electron chi connectivity index (χ2n) is 7.26. The molecule has 1 aromatic carbocycles. The molecule has 9 heteroatoms. The molecule has 0 aliphatic carbocycles. The molecule has 32 heavy (non-hydrogen) atoms. The van der Waals surface area contributed by atoms with E-state index in [2.05, 4.69) is 5.10 Å². The van der Waals surface area contributed by atoms with Crippen molar-refractivity contribution in [1.82, 2.24) is 9.78 Å². The zero-order chi connectivity index (χ0) is 34.5. The van der Waals surface area contributed by atoms with E-state index < -0.39 is 82.7 Å². The topological polar surface area (TPSA) is 126 Å². The van der Waals surface area contributed by atoms with Crippen molar-refractivity contribution >= 4 is 0 Å². The molecule has 2 aromatic rings. The summed E-state index contributed by atoms with van der Waals surface area (Å²) < 4.78 is 117. The standard InChI is InChI=1S/C23H34N2O7/c1-12(2)25-14(5)17(10-15-6-8-16(9-7-15)30-13(3)4)22(24-25)32-23-21(29)20(28)19(27)18(11-26)31-23/h6-9,12-13,18-21,23,26-29H,10-11H2,1-5H3/t18-,19-,20+,21-,23+/m1/s1/i1D3,2D3,3D3,4D3,12D. The predicted octanol–water partition coefficient (Wildman–Crippen LogP) is 1.33. The zero-order valence-corrected chi connectivity index (χ0v) is 17.1. The van der Waals surface area contributed by atoms with Crippen LogP contribution in [0.2, 0.25) is 0 Å². The van der Waals surface area contributed by atoms with Crippen molar-refractivity contribution in [1.29, 1.82) is 0 Å². The fourth-order valence-electron chi connectivity index (χ4n) is 3.33. The number of hydrogen-bond acceptors (Lipinski definition) is 8. The van der Waals surface area contributed by atoms with Crippen LogP contribution in [0.5, 0.6) is 11.6 Å². The lowest BCUT2D eigenvalue weighted by molar-refractivity contribution is -0.278. The molecule has 0 unspecified atom stereocenters. The molecular formula is C23H34N2O7. The Kier molecular flexibility index (Phi) is 3.93. The normalized spacial score (nSPS) is 33.9. The summed E-state index contributed by atoms with van der Waals surface area (Å²) in [6, 6.07) is 2.03. The monoisotopic (exact) mass is 463 g/mol. The highest BCUT2D eigenvalue weighted by atomic mass is 16.7. The van der Waals surface area contributed by atoms with E-state index in [1.54, 1.807) is 0 Å². The van der Waals surface area contributed by atoms with Gasteiger partial charge in [-0.2, -0.15) is 0 Å². The first-order valence-electron chi connectivity index (χ1n) is 16.2. The van der Waals surface area contributed by atoms with Crippen LogP contribution >= 0.6 is 0 Å². The van der Waals surface area contributed by atoms with Crippen LogP contribution in [0.4, 0.5) is 0 Å². The minimum Gasteiger partial charge on any atom is -0.491 e. The number of benzene rings is 1. The number of ether oxygens (including phenoxy) is 3. The summed E-state index contributed by atoms with van der Waals surface area (Å²) in [5.41, 5.74) is 0.247. The van der Waals surface area contributed by atoms with Gasteiger partial charge in [-0.3, -0.25) is 4.68 Å². The quantitative estimate of drug-likeness (QED) is 0.462. The first kappa shape index (κ1) is 12.3. The summed E-state index contributed by atoms with van der Waals surface area (Å²) in [5, 5.41) is 44.3. The fourth-order valence-corrected chi connectivity index (χ4v) is 3.33. The summed E-state index contributed by atoms with van der Waals surface area (Å²) in [5.74, 6) is -0.608. The molecule has 2 heterocycles. The smallest absolute Gasteiger partial charge is 0.239 e. The molecule has 0 amide bonds. The van der Waals surface area contributed by atoms with E-state index in [9.17, 15) is 20.4 Å². The molecule has 1 saturated heterocycles. The van der Waals surface area contributed by atoms with Gasteiger partial charge in [0, 0.05) is 40.1 Å². The van der Waals surface area contributed by atoms with Gasteiger partial charge in [-0.1, -0.05) is 12.1 Å². The highest BCUT2D eigenvalue weighted by Crippen LogP contribution is 2.31. The van der Waals surface area contributed by atoms with Gasteiger partial charge >= 0.3 is 0 Å². The van der Waals surface area contributed by atoms with Crippen LogP contribution in [0.1, 0.15) is 68.1 Å². The summed E-state index contributed by atoms with van der Waals surface area (Å²) >= 11 is 0. The highest BCUT2D eigenvalue weighted by Gasteiger charge is 2.45. The lowest BCUT2D eigenvalue weighted by Gasteiger charge is -2.39. The Morgan fingerprint density at radius 3 is 2.47 bits per heavy atom. The summed E-state index contributed by atoms with van der Waals surface area (Å²) in [4.78, 5) is 0. The predicted molar refractivity (Wildman–Crippen MR) is 117 cm³/mol. The van der Waals surface area contributed by atoms with Crippen molar-refractivity contribution in [2.45, 2.75) is 83.6 Å². The lowest BCUT2D eigenvalue weighted by atomic mass is 9.99. The van der Waals surface area contributed by atoms with Crippen LogP contribution in [0.25, 0.3) is 0 Å². The number of rotatable bonds is 8. The molecule has 5 atom stereocenters. The van der Waals surface area contributed by atoms with Gasteiger partial charge in [0.25, 0.3) is 0 Å². The maximum atomic E-state index is 10.5. The van der Waals surface area contributed by atoms with Crippen molar-refractivity contribution in [2.75, 3.05) is 6.61 Å². The molecule has 3 rings (SSSR count). The zero-order valence-electron chi connectivity index (χ0n) is 30.1. The second kappa shape index (κ2) is 10.2. The van der Waals surface area contributed by atoms with Crippen LogP contribution in [0, 0.1) is 6.92 Å². The van der Waals surface area contributed by atoms with Gasteiger partial charge in [-0.05, 0) is 52.0 Å². The van der Waals surface area contributed by atoms with E-state index in [0.717, 1.165) is 0 Å². The van der Waals surface area contributed by atoms with Crippen molar-refractivity contribution in [3.63, 3.8) is 0 Å². The Balaban J connectivity index is 2.08. The summed E-state index contributed by atoms with van der Waals surface area (Å²) in [7, 11) is 0. The number of hydrogen-bond donors (Lipinski definition) is 4. The largest absolute Gasteiger partial charge is 0.491 e. The Hall–Kier alpha value is -2.17. The first-order chi connectivity index (χ1) is 20.3. The number of aromatic nitrogens is 2. The van der Waals surface area contributed by atoms with Crippen LogP contribution in [0.15, 0.2) is 24.3 Å². The maximum absolute atomic E-state index is 10.5. The first-order valence-corrected chi connectivity index (χ1v) is 9.66. The molecule has 1 fully saturated rings. The van der Waals surface area contributed by atoms with E-state index in [1.165, 1.54) is 31.2 Å². The molecule has 0 bridgehead atoms. The van der Waals surface area contributed by atoms with Crippen LogP contribution in [-0.4, -0.2) is 73.6 Å². The Bertz CT molecular complexity index is 1280. The van der Waals surface area contributed by atoms with E-state index in [1.807, 2.05) is 0 Å². The average Bonchev–Trinajstić information content (AvgIpc) is 3.19. The minimum atomic E-state index is -3.45. The Morgan fingerprint density at radius 2 is 1.84 bits per heavy atom. The van der Waals surface area contributed by atoms with Crippen LogP contribution in [0.3, 0.4) is 0 Å². The molecule has 1 aromatic heterocycles. The molecule has 9 nitrogen and oxygen atoms in total. The Morgan fingerprint density at radius 1 is 1.12 bits per heavy atom. The third-order valence-corrected chi connectivity index (χ3v) is 5.05. The van der Waals surface area contributed by atoms with E-state index in [4.69, 9.17) is 32.0 Å². The van der Waals surface area contributed by atoms with Gasteiger partial charge in [-0.15, -0.1) is 5.10 Å². The molecule has 0 radical (unpaired) electrons. The van der Waals surface area contributed by atoms with E-state index in [-0.39, 0.29) is 23.4 Å². The summed E-state index contributed by atoms with van der Waals surface area (Å²) in [6.07, 6.45) is -11.0. The van der Waals surface area contributed by atoms with Gasteiger partial charge in [0.05, 0.1) is 14.1 Å². The third-order valence-electron chi connectivity index (χ3n) is 5.05. The van der Waals surface area contributed by atoms with Crippen molar-refractivity contribution < 1.29 is 52.5 Å². The molecule has 4 N–H and O–H groups in total. The molecule has 1 aliphatic heterocycles. The van der Waals surface area contributed by atoms with E-state index >= 15 is 0 Å².